The number of anilines is 1. The molecule has 1 heterocycles. The number of hydrogen-bond donors (Lipinski definition) is 2. The fraction of sp³-hybridized carbons (Fsp3) is 0. The van der Waals surface area contributed by atoms with Crippen molar-refractivity contribution in [1.29, 1.82) is 0 Å². The fourth-order valence-corrected chi connectivity index (χ4v) is 4.11. The van der Waals surface area contributed by atoms with Crippen molar-refractivity contribution in [3.8, 4) is 0 Å². The van der Waals surface area contributed by atoms with Crippen molar-refractivity contribution in [3.05, 3.63) is 47.5 Å². The molecule has 3 rings (SSSR count). The minimum atomic E-state index is -3.86. The molecule has 0 spiro atoms. The van der Waals surface area contributed by atoms with Gasteiger partial charge in [0.05, 0.1) is 11.7 Å². The third kappa shape index (κ3) is 3.58. The Morgan fingerprint density at radius 2 is 1.87 bits per heavy atom. The molecule has 0 atom stereocenters. The average molecular weight is 385 g/mol. The van der Waals surface area contributed by atoms with E-state index in [0.29, 0.717) is 21.7 Å². The van der Waals surface area contributed by atoms with Crippen LogP contribution in [0.25, 0.3) is 11.0 Å². The standard InChI is InChI=1S/C13H9ClN4O2S3/c14-8-4-6-9(7-5-8)15-13(21)18-23(19,20)11-3-1-2-10-12(11)17-22-16-10/h1-7H,(H2,15,18,21). The predicted molar refractivity (Wildman–Crippen MR) is 95.4 cm³/mol. The molecule has 0 aliphatic heterocycles. The third-order valence-corrected chi connectivity index (χ3v) is 5.38. The highest BCUT2D eigenvalue weighted by atomic mass is 35.5. The predicted octanol–water partition coefficient (Wildman–Crippen LogP) is 3.02. The SMILES string of the molecule is O=S(=O)(NC(=S)Nc1ccc(Cl)cc1)c1cccc2nsnc12. The summed E-state index contributed by atoms with van der Waals surface area (Å²) in [6.07, 6.45) is 0. The number of sulfonamides is 1. The van der Waals surface area contributed by atoms with Gasteiger partial charge in [-0.1, -0.05) is 17.7 Å². The monoisotopic (exact) mass is 384 g/mol. The average Bonchev–Trinajstić information content (AvgIpc) is 2.97. The highest BCUT2D eigenvalue weighted by Crippen LogP contribution is 2.21. The van der Waals surface area contributed by atoms with Crippen LogP contribution in [0.15, 0.2) is 47.4 Å². The Morgan fingerprint density at radius 3 is 2.61 bits per heavy atom. The van der Waals surface area contributed by atoms with Crippen molar-refractivity contribution in [2.75, 3.05) is 5.32 Å². The molecule has 3 aromatic rings. The van der Waals surface area contributed by atoms with Gasteiger partial charge < -0.3 is 5.32 Å². The summed E-state index contributed by atoms with van der Waals surface area (Å²) >= 11 is 11.8. The molecule has 2 N–H and O–H groups in total. The number of rotatable bonds is 3. The lowest BCUT2D eigenvalue weighted by Crippen LogP contribution is -2.34. The Hall–Kier alpha value is -1.81. The summed E-state index contributed by atoms with van der Waals surface area (Å²) in [7, 11) is -3.86. The summed E-state index contributed by atoms with van der Waals surface area (Å²) < 4.78 is 35.3. The number of aromatic nitrogens is 2. The minimum absolute atomic E-state index is 0.0315. The van der Waals surface area contributed by atoms with E-state index in [2.05, 4.69) is 18.8 Å². The van der Waals surface area contributed by atoms with Gasteiger partial charge in [0.15, 0.2) is 5.11 Å². The van der Waals surface area contributed by atoms with Crippen LogP contribution in [0.3, 0.4) is 0 Å². The lowest BCUT2D eigenvalue weighted by Gasteiger charge is -2.11. The first-order valence-corrected chi connectivity index (χ1v) is 9.26. The van der Waals surface area contributed by atoms with E-state index in [1.165, 1.54) is 6.07 Å². The first-order valence-electron chi connectivity index (χ1n) is 6.26. The van der Waals surface area contributed by atoms with Gasteiger partial charge in [-0.3, -0.25) is 4.72 Å². The molecule has 0 aliphatic carbocycles. The zero-order chi connectivity index (χ0) is 16.4. The van der Waals surface area contributed by atoms with E-state index in [9.17, 15) is 8.42 Å². The second kappa shape index (κ2) is 6.36. The maximum atomic E-state index is 12.5. The third-order valence-electron chi connectivity index (χ3n) is 2.87. The van der Waals surface area contributed by atoms with Crippen LogP contribution in [0.1, 0.15) is 0 Å². The maximum Gasteiger partial charge on any atom is 0.265 e. The molecule has 0 saturated heterocycles. The molecular weight excluding hydrogens is 376 g/mol. The van der Waals surface area contributed by atoms with Crippen LogP contribution in [-0.2, 0) is 10.0 Å². The van der Waals surface area contributed by atoms with Crippen molar-refractivity contribution in [1.82, 2.24) is 13.5 Å². The van der Waals surface area contributed by atoms with E-state index >= 15 is 0 Å². The smallest absolute Gasteiger partial charge is 0.265 e. The van der Waals surface area contributed by atoms with Crippen LogP contribution >= 0.6 is 35.5 Å². The van der Waals surface area contributed by atoms with Crippen LogP contribution in [0.4, 0.5) is 5.69 Å². The number of thiocarbonyl (C=S) groups is 1. The topological polar surface area (TPSA) is 84.0 Å². The van der Waals surface area contributed by atoms with Crippen molar-refractivity contribution in [2.45, 2.75) is 4.90 Å². The lowest BCUT2D eigenvalue weighted by molar-refractivity contribution is 0.593. The largest absolute Gasteiger partial charge is 0.332 e. The van der Waals surface area contributed by atoms with Gasteiger partial charge in [0.2, 0.25) is 0 Å². The highest BCUT2D eigenvalue weighted by Gasteiger charge is 2.20. The lowest BCUT2D eigenvalue weighted by atomic mass is 10.3. The summed E-state index contributed by atoms with van der Waals surface area (Å²) in [6, 6.07) is 11.5. The van der Waals surface area contributed by atoms with Gasteiger partial charge in [0.1, 0.15) is 15.9 Å². The van der Waals surface area contributed by atoms with E-state index in [-0.39, 0.29) is 10.0 Å². The van der Waals surface area contributed by atoms with E-state index in [4.69, 9.17) is 23.8 Å². The molecule has 2 aromatic carbocycles. The molecule has 0 amide bonds. The molecule has 0 aliphatic rings. The number of fused-ring (bicyclic) bond motifs is 1. The normalized spacial score (nSPS) is 11.3. The van der Waals surface area contributed by atoms with Crippen molar-refractivity contribution >= 4 is 67.4 Å². The summed E-state index contributed by atoms with van der Waals surface area (Å²) in [4.78, 5) is 0.0315. The van der Waals surface area contributed by atoms with Crippen LogP contribution in [-0.4, -0.2) is 22.3 Å². The molecule has 0 bridgehead atoms. The molecule has 118 valence electrons. The zero-order valence-electron chi connectivity index (χ0n) is 11.4. The van der Waals surface area contributed by atoms with Gasteiger partial charge in [-0.15, -0.1) is 0 Å². The zero-order valence-corrected chi connectivity index (χ0v) is 14.6. The van der Waals surface area contributed by atoms with Crippen molar-refractivity contribution in [3.63, 3.8) is 0 Å². The molecule has 0 fully saturated rings. The minimum Gasteiger partial charge on any atom is -0.332 e. The van der Waals surface area contributed by atoms with Crippen molar-refractivity contribution in [2.24, 2.45) is 0 Å². The van der Waals surface area contributed by atoms with Gasteiger partial charge in [0.25, 0.3) is 10.0 Å². The molecule has 0 saturated carbocycles. The van der Waals surface area contributed by atoms with Gasteiger partial charge >= 0.3 is 0 Å². The van der Waals surface area contributed by atoms with E-state index in [0.717, 1.165) is 11.7 Å². The molecule has 23 heavy (non-hydrogen) atoms. The Kier molecular flexibility index (Phi) is 4.44. The van der Waals surface area contributed by atoms with Crippen LogP contribution in [0, 0.1) is 0 Å². The van der Waals surface area contributed by atoms with Crippen LogP contribution < -0.4 is 10.0 Å². The van der Waals surface area contributed by atoms with E-state index in [1.54, 1.807) is 36.4 Å². The molecule has 0 radical (unpaired) electrons. The van der Waals surface area contributed by atoms with E-state index < -0.39 is 10.0 Å². The molecule has 0 unspecified atom stereocenters. The first kappa shape index (κ1) is 16.1. The van der Waals surface area contributed by atoms with Gasteiger partial charge in [-0.05, 0) is 48.6 Å². The Labute approximate surface area is 146 Å². The highest BCUT2D eigenvalue weighted by molar-refractivity contribution is 7.92. The number of nitrogens with one attached hydrogen (secondary N) is 2. The summed E-state index contributed by atoms with van der Waals surface area (Å²) in [5.41, 5.74) is 1.46. The van der Waals surface area contributed by atoms with Gasteiger partial charge in [-0.2, -0.15) is 8.75 Å². The van der Waals surface area contributed by atoms with Crippen LogP contribution in [0.5, 0.6) is 0 Å². The van der Waals surface area contributed by atoms with E-state index in [1.807, 2.05) is 0 Å². The summed E-state index contributed by atoms with van der Waals surface area (Å²) in [5, 5.41) is 3.31. The number of halogens is 1. The fourth-order valence-electron chi connectivity index (χ4n) is 1.87. The summed E-state index contributed by atoms with van der Waals surface area (Å²) in [6.45, 7) is 0. The summed E-state index contributed by atoms with van der Waals surface area (Å²) in [5.74, 6) is 0. The first-order chi connectivity index (χ1) is 11.0. The quantitative estimate of drug-likeness (QED) is 0.675. The second-order valence-corrected chi connectivity index (χ2v) is 7.48. The molecular formula is C13H9ClN4O2S3. The van der Waals surface area contributed by atoms with Gasteiger partial charge in [0, 0.05) is 10.7 Å². The number of hydrogen-bond acceptors (Lipinski definition) is 6. The Bertz CT molecular complexity index is 970. The molecule has 6 nitrogen and oxygen atoms in total. The second-order valence-electron chi connectivity index (χ2n) is 4.45. The van der Waals surface area contributed by atoms with Crippen LogP contribution in [0.2, 0.25) is 5.02 Å². The van der Waals surface area contributed by atoms with Crippen molar-refractivity contribution < 1.29 is 8.42 Å². The maximum absolute atomic E-state index is 12.5. The number of benzene rings is 2. The Balaban J connectivity index is 1.82. The number of nitrogens with zero attached hydrogens (tertiary/aromatic N) is 2. The molecule has 10 heteroatoms. The van der Waals surface area contributed by atoms with Gasteiger partial charge in [-0.25, -0.2) is 8.42 Å². The molecule has 1 aromatic heterocycles. The Morgan fingerprint density at radius 1 is 1.13 bits per heavy atom.